The molecule has 0 aromatic carbocycles. The quantitative estimate of drug-likeness (QED) is 0.493. The molecule has 4 nitrogen and oxygen atoms in total. The second kappa shape index (κ2) is 5.79. The lowest BCUT2D eigenvalue weighted by Crippen LogP contribution is -2.29. The molecule has 1 amide bonds. The maximum absolute atomic E-state index is 10.4. The molecule has 0 saturated carbocycles. The van der Waals surface area contributed by atoms with Crippen LogP contribution in [0.3, 0.4) is 0 Å². The molecule has 0 aromatic rings. The lowest BCUT2D eigenvalue weighted by Gasteiger charge is -2.01. The molecule has 0 aliphatic carbocycles. The first-order valence-corrected chi connectivity index (χ1v) is 4.81. The maximum atomic E-state index is 10.4. The Morgan fingerprint density at radius 2 is 2.56 bits per heavy atom. The predicted molar refractivity (Wildman–Crippen MR) is 39.7 cm³/mol. The molecule has 0 atom stereocenters. The molecule has 54 valence electrons. The molecular formula is C3H11NO3Si2. The van der Waals surface area contributed by atoms with Crippen LogP contribution in [-0.4, -0.2) is 33.1 Å². The normalized spacial score (nSPS) is 10.3. The first-order valence-electron chi connectivity index (χ1n) is 2.70. The number of rotatable bonds is 3. The Balaban J connectivity index is 3.06. The summed E-state index contributed by atoms with van der Waals surface area (Å²) in [5.41, 5.74) is 0. The molecule has 0 unspecified atom stereocenters. The molecule has 0 saturated heterocycles. The zero-order chi connectivity index (χ0) is 7.11. The van der Waals surface area contributed by atoms with Gasteiger partial charge >= 0.3 is 6.09 Å². The van der Waals surface area contributed by atoms with Crippen molar-refractivity contribution < 1.29 is 13.6 Å². The summed E-state index contributed by atoms with van der Waals surface area (Å²) >= 11 is 0. The number of nitrogens with one attached hydrogen (secondary N) is 1. The number of carbonyl (C=O) groups excluding carboxylic acids is 1. The SMILES string of the molecule is CCOC(=O)N[SiH2]O[SiH3]. The van der Waals surface area contributed by atoms with Gasteiger partial charge in [-0.15, -0.1) is 0 Å². The van der Waals surface area contributed by atoms with Crippen LogP contribution in [0.5, 0.6) is 0 Å². The van der Waals surface area contributed by atoms with Gasteiger partial charge in [0.25, 0.3) is 9.92 Å². The van der Waals surface area contributed by atoms with Crippen molar-refractivity contribution in [2.24, 2.45) is 0 Å². The summed E-state index contributed by atoms with van der Waals surface area (Å²) < 4.78 is 9.39. The van der Waals surface area contributed by atoms with Crippen molar-refractivity contribution in [1.29, 1.82) is 0 Å². The summed E-state index contributed by atoms with van der Waals surface area (Å²) in [4.78, 5) is 13.0. The average molecular weight is 165 g/mol. The molecule has 6 heteroatoms. The van der Waals surface area contributed by atoms with Gasteiger partial charge in [0.1, 0.15) is 10.5 Å². The highest BCUT2D eigenvalue weighted by atomic mass is 28.3. The second-order valence-electron chi connectivity index (χ2n) is 1.33. The van der Waals surface area contributed by atoms with E-state index in [1.165, 1.54) is 0 Å². The fourth-order valence-corrected chi connectivity index (χ4v) is 1.11. The molecule has 0 spiro atoms. The van der Waals surface area contributed by atoms with Crippen molar-refractivity contribution in [2.45, 2.75) is 6.92 Å². The van der Waals surface area contributed by atoms with Gasteiger partial charge in [-0.25, -0.2) is 4.79 Å². The Labute approximate surface area is 59.5 Å². The lowest BCUT2D eigenvalue weighted by atomic mass is 10.9. The molecule has 0 radical (unpaired) electrons. The topological polar surface area (TPSA) is 47.6 Å². The molecule has 0 fully saturated rings. The van der Waals surface area contributed by atoms with E-state index in [0.29, 0.717) is 17.1 Å². The van der Waals surface area contributed by atoms with E-state index in [1.807, 2.05) is 0 Å². The lowest BCUT2D eigenvalue weighted by molar-refractivity contribution is 0.158. The van der Waals surface area contributed by atoms with Crippen LogP contribution in [0.2, 0.25) is 0 Å². The van der Waals surface area contributed by atoms with Gasteiger partial charge in [0, 0.05) is 0 Å². The van der Waals surface area contributed by atoms with Crippen molar-refractivity contribution in [3.05, 3.63) is 0 Å². The van der Waals surface area contributed by atoms with E-state index < -0.39 is 9.92 Å². The van der Waals surface area contributed by atoms with Gasteiger partial charge < -0.3 is 13.8 Å². The second-order valence-corrected chi connectivity index (χ2v) is 4.28. The third-order valence-corrected chi connectivity index (χ3v) is 2.22. The van der Waals surface area contributed by atoms with E-state index in [1.54, 1.807) is 6.92 Å². The Hall–Kier alpha value is -0.336. The van der Waals surface area contributed by atoms with E-state index in [2.05, 4.69) is 9.72 Å². The van der Waals surface area contributed by atoms with Crippen LogP contribution in [0.1, 0.15) is 6.92 Å². The molecule has 0 aromatic heterocycles. The minimum Gasteiger partial charge on any atom is -0.453 e. The molecule has 0 aliphatic heterocycles. The molecule has 9 heavy (non-hydrogen) atoms. The minimum absolute atomic E-state index is 0.361. The summed E-state index contributed by atoms with van der Waals surface area (Å²) in [6, 6.07) is 0. The van der Waals surface area contributed by atoms with E-state index in [0.717, 1.165) is 0 Å². The fourth-order valence-electron chi connectivity index (χ4n) is 0.313. The predicted octanol–water partition coefficient (Wildman–Crippen LogP) is -1.97. The Morgan fingerprint density at radius 3 is 3.00 bits per heavy atom. The number of ether oxygens (including phenoxy) is 1. The van der Waals surface area contributed by atoms with E-state index in [4.69, 9.17) is 4.12 Å². The number of amides is 1. The van der Waals surface area contributed by atoms with Crippen molar-refractivity contribution in [3.63, 3.8) is 0 Å². The highest BCUT2D eigenvalue weighted by Gasteiger charge is 1.95. The zero-order valence-corrected chi connectivity index (χ0v) is 9.05. The van der Waals surface area contributed by atoms with Crippen LogP contribution >= 0.6 is 0 Å². The fraction of sp³-hybridized carbons (Fsp3) is 0.667. The van der Waals surface area contributed by atoms with Gasteiger partial charge in [-0.2, -0.15) is 0 Å². The first-order chi connectivity index (χ1) is 4.31. The summed E-state index contributed by atoms with van der Waals surface area (Å²) in [7, 11) is -0.119. The van der Waals surface area contributed by atoms with Gasteiger partial charge in [0.05, 0.1) is 6.61 Å². The highest BCUT2D eigenvalue weighted by molar-refractivity contribution is 6.35. The molecule has 0 heterocycles. The standard InChI is InChI=1S/C3H11NO3Si2/c1-2-6-3(5)4-9-7-8/h2,9H2,1,8H3,(H,4,5). The zero-order valence-electron chi connectivity index (χ0n) is 5.64. The Bertz CT molecular complexity index is 89.1. The number of carbonyl (C=O) groups is 1. The molecule has 0 aliphatic rings. The first kappa shape index (κ1) is 8.66. The summed E-state index contributed by atoms with van der Waals surface area (Å²) in [5.74, 6) is 0. The van der Waals surface area contributed by atoms with Crippen molar-refractivity contribution in [1.82, 2.24) is 4.98 Å². The van der Waals surface area contributed by atoms with Gasteiger partial charge in [-0.1, -0.05) is 0 Å². The highest BCUT2D eigenvalue weighted by Crippen LogP contribution is 1.72. The van der Waals surface area contributed by atoms with Crippen LogP contribution in [-0.2, 0) is 8.85 Å². The monoisotopic (exact) mass is 165 g/mol. The van der Waals surface area contributed by atoms with E-state index in [-0.39, 0.29) is 6.09 Å². The molecule has 0 bridgehead atoms. The Kier molecular flexibility index (Phi) is 5.58. The minimum atomic E-state index is -0.809. The molecule has 1 N–H and O–H groups in total. The Morgan fingerprint density at radius 1 is 1.89 bits per heavy atom. The van der Waals surface area contributed by atoms with Crippen molar-refractivity contribution in [2.75, 3.05) is 6.61 Å². The van der Waals surface area contributed by atoms with Crippen molar-refractivity contribution in [3.8, 4) is 0 Å². The summed E-state index contributed by atoms with van der Waals surface area (Å²) in [6.07, 6.45) is -0.361. The van der Waals surface area contributed by atoms with Gasteiger partial charge in [0.2, 0.25) is 0 Å². The van der Waals surface area contributed by atoms with Crippen LogP contribution < -0.4 is 4.98 Å². The summed E-state index contributed by atoms with van der Waals surface area (Å²) in [6.45, 7) is 2.18. The van der Waals surface area contributed by atoms with Crippen LogP contribution in [0.25, 0.3) is 0 Å². The van der Waals surface area contributed by atoms with E-state index >= 15 is 0 Å². The summed E-state index contributed by atoms with van der Waals surface area (Å²) in [5, 5.41) is 0. The van der Waals surface area contributed by atoms with Crippen molar-refractivity contribution >= 4 is 26.5 Å². The van der Waals surface area contributed by atoms with Gasteiger partial charge in [-0.05, 0) is 6.92 Å². The maximum Gasteiger partial charge on any atom is 0.400 e. The number of hydrogen-bond donors (Lipinski definition) is 1. The smallest absolute Gasteiger partial charge is 0.400 e. The van der Waals surface area contributed by atoms with Crippen LogP contribution in [0, 0.1) is 0 Å². The number of hydrogen-bond acceptors (Lipinski definition) is 3. The third-order valence-electron chi connectivity index (χ3n) is 0.636. The van der Waals surface area contributed by atoms with Gasteiger partial charge in [-0.3, -0.25) is 0 Å². The molecule has 0 rings (SSSR count). The van der Waals surface area contributed by atoms with Gasteiger partial charge in [0.15, 0.2) is 0 Å². The largest absolute Gasteiger partial charge is 0.453 e. The third kappa shape index (κ3) is 5.54. The van der Waals surface area contributed by atoms with E-state index in [9.17, 15) is 4.79 Å². The average Bonchev–Trinajstić information content (AvgIpc) is 1.85. The van der Waals surface area contributed by atoms with Crippen LogP contribution in [0.4, 0.5) is 4.79 Å². The molecular weight excluding hydrogens is 154 g/mol. The van der Waals surface area contributed by atoms with Crippen LogP contribution in [0.15, 0.2) is 0 Å².